The van der Waals surface area contributed by atoms with Gasteiger partial charge in [-0.2, -0.15) is 5.26 Å². The summed E-state index contributed by atoms with van der Waals surface area (Å²) >= 11 is 1.41. The van der Waals surface area contributed by atoms with Crippen molar-refractivity contribution in [1.29, 1.82) is 5.26 Å². The lowest BCUT2D eigenvalue weighted by molar-refractivity contribution is 0.305. The molecule has 0 bridgehead atoms. The maximum atomic E-state index is 9.03. The normalized spacial score (nSPS) is 11.2. The maximum absolute atomic E-state index is 9.03. The molecule has 21 heavy (non-hydrogen) atoms. The number of hydrogen-bond acceptors (Lipinski definition) is 4. The molecule has 2 rings (SSSR count). The number of aryl methyl sites for hydroxylation is 1. The van der Waals surface area contributed by atoms with Gasteiger partial charge in [-0.1, -0.05) is 39.8 Å². The van der Waals surface area contributed by atoms with Crippen molar-refractivity contribution >= 4 is 11.3 Å². The van der Waals surface area contributed by atoms with Gasteiger partial charge in [0.25, 0.3) is 0 Å². The van der Waals surface area contributed by atoms with Gasteiger partial charge >= 0.3 is 0 Å². The molecule has 1 aromatic carbocycles. The van der Waals surface area contributed by atoms with E-state index in [1.54, 1.807) is 0 Å². The lowest BCUT2D eigenvalue weighted by atomic mass is 9.87. The number of nitrogens with zero attached hydrogens (tertiary/aromatic N) is 2. The molecule has 0 atom stereocenters. The number of aromatic nitrogens is 1. The molecule has 0 aliphatic rings. The number of rotatable bonds is 4. The fraction of sp³-hybridized carbons (Fsp3) is 0.412. The van der Waals surface area contributed by atoms with Crippen LogP contribution in [0.25, 0.3) is 0 Å². The molecule has 1 heterocycles. The van der Waals surface area contributed by atoms with Crippen molar-refractivity contribution in [3.8, 4) is 11.8 Å². The summed E-state index contributed by atoms with van der Waals surface area (Å²) in [7, 11) is 0. The Kier molecular flexibility index (Phi) is 4.64. The van der Waals surface area contributed by atoms with Gasteiger partial charge in [0.05, 0.1) is 5.69 Å². The van der Waals surface area contributed by atoms with E-state index in [4.69, 9.17) is 10.00 Å². The van der Waals surface area contributed by atoms with Gasteiger partial charge in [0.15, 0.2) is 0 Å². The van der Waals surface area contributed by atoms with Crippen LogP contribution in [-0.2, 0) is 18.4 Å². The molecule has 0 amide bonds. The molecule has 2 aromatic rings. The zero-order valence-electron chi connectivity index (χ0n) is 12.9. The number of nitriles is 1. The molecule has 3 nitrogen and oxygen atoms in total. The van der Waals surface area contributed by atoms with E-state index in [-0.39, 0.29) is 5.41 Å². The van der Waals surface area contributed by atoms with Crippen molar-refractivity contribution < 1.29 is 4.74 Å². The van der Waals surface area contributed by atoms with Crippen LogP contribution in [-0.4, -0.2) is 4.98 Å². The van der Waals surface area contributed by atoms with Crippen molar-refractivity contribution in [3.63, 3.8) is 0 Å². The molecule has 1 aromatic heterocycles. The summed E-state index contributed by atoms with van der Waals surface area (Å²) in [6.45, 7) is 8.98. The average Bonchev–Trinajstić information content (AvgIpc) is 2.87. The van der Waals surface area contributed by atoms with Crippen molar-refractivity contribution in [3.05, 3.63) is 45.4 Å². The summed E-state index contributed by atoms with van der Waals surface area (Å²) in [5, 5.41) is 9.88. The van der Waals surface area contributed by atoms with E-state index in [0.717, 1.165) is 22.9 Å². The number of thiazole rings is 1. The van der Waals surface area contributed by atoms with Gasteiger partial charge in [-0.25, -0.2) is 4.98 Å². The maximum Gasteiger partial charge on any atom is 0.140 e. The highest BCUT2D eigenvalue weighted by Crippen LogP contribution is 2.25. The number of benzene rings is 1. The van der Waals surface area contributed by atoms with Gasteiger partial charge in [0.1, 0.15) is 28.3 Å². The second-order valence-electron chi connectivity index (χ2n) is 5.91. The summed E-state index contributed by atoms with van der Waals surface area (Å²) in [6.07, 6.45) is 0.777. The first kappa shape index (κ1) is 15.5. The van der Waals surface area contributed by atoms with Gasteiger partial charge in [-0.3, -0.25) is 0 Å². The summed E-state index contributed by atoms with van der Waals surface area (Å²) in [5.41, 5.74) is 2.29. The molecule has 110 valence electrons. The van der Waals surface area contributed by atoms with E-state index in [9.17, 15) is 0 Å². The van der Waals surface area contributed by atoms with E-state index < -0.39 is 0 Å². The fourth-order valence-electron chi connectivity index (χ4n) is 1.99. The minimum Gasteiger partial charge on any atom is -0.486 e. The van der Waals surface area contributed by atoms with E-state index in [0.29, 0.717) is 11.5 Å². The quantitative estimate of drug-likeness (QED) is 0.837. The van der Waals surface area contributed by atoms with Crippen molar-refractivity contribution in [2.24, 2.45) is 0 Å². The van der Waals surface area contributed by atoms with Gasteiger partial charge in [0, 0.05) is 0 Å². The van der Waals surface area contributed by atoms with Crippen molar-refractivity contribution in [2.75, 3.05) is 0 Å². The standard InChI is InChI=1S/C17H20N2OS/c1-5-14-15(10-18)21-16(19-14)11-20-13-8-6-12(7-9-13)17(2,3)4/h6-9H,5,11H2,1-4H3. The zero-order valence-corrected chi connectivity index (χ0v) is 13.8. The largest absolute Gasteiger partial charge is 0.486 e. The Balaban J connectivity index is 2.03. The van der Waals surface area contributed by atoms with Gasteiger partial charge in [0.2, 0.25) is 0 Å². The van der Waals surface area contributed by atoms with Crippen LogP contribution in [0.5, 0.6) is 5.75 Å². The Bertz CT molecular complexity index is 645. The lowest BCUT2D eigenvalue weighted by Gasteiger charge is -2.19. The summed E-state index contributed by atoms with van der Waals surface area (Å²) in [5.74, 6) is 0.828. The third-order valence-corrected chi connectivity index (χ3v) is 4.24. The van der Waals surface area contributed by atoms with Crippen LogP contribution in [0.3, 0.4) is 0 Å². The van der Waals surface area contributed by atoms with Crippen LogP contribution >= 0.6 is 11.3 Å². The molecule has 0 unspecified atom stereocenters. The molecular weight excluding hydrogens is 280 g/mol. The smallest absolute Gasteiger partial charge is 0.140 e. The van der Waals surface area contributed by atoms with E-state index in [2.05, 4.69) is 44.0 Å². The first-order chi connectivity index (χ1) is 9.94. The van der Waals surface area contributed by atoms with Gasteiger partial charge in [-0.15, -0.1) is 11.3 Å². The first-order valence-corrected chi connectivity index (χ1v) is 7.87. The van der Waals surface area contributed by atoms with E-state index >= 15 is 0 Å². The molecule has 0 fully saturated rings. The Morgan fingerprint density at radius 3 is 2.38 bits per heavy atom. The predicted molar refractivity (Wildman–Crippen MR) is 85.7 cm³/mol. The first-order valence-electron chi connectivity index (χ1n) is 7.06. The number of ether oxygens (including phenoxy) is 1. The van der Waals surface area contributed by atoms with Crippen LogP contribution in [0.2, 0.25) is 0 Å². The Hall–Kier alpha value is -1.86. The number of hydrogen-bond donors (Lipinski definition) is 0. The molecule has 0 aliphatic carbocycles. The fourth-order valence-corrected chi connectivity index (χ4v) is 2.85. The van der Waals surface area contributed by atoms with E-state index in [1.165, 1.54) is 16.9 Å². The minimum atomic E-state index is 0.144. The second-order valence-corrected chi connectivity index (χ2v) is 7.00. The van der Waals surface area contributed by atoms with Crippen molar-refractivity contribution in [2.45, 2.75) is 46.1 Å². The van der Waals surface area contributed by atoms with Crippen LogP contribution < -0.4 is 4.74 Å². The molecule has 0 spiro atoms. The zero-order chi connectivity index (χ0) is 15.5. The van der Waals surface area contributed by atoms with E-state index in [1.807, 2.05) is 19.1 Å². The van der Waals surface area contributed by atoms with Crippen molar-refractivity contribution in [1.82, 2.24) is 4.98 Å². The van der Waals surface area contributed by atoms with Crippen LogP contribution in [0.15, 0.2) is 24.3 Å². The summed E-state index contributed by atoms with van der Waals surface area (Å²) < 4.78 is 5.76. The highest BCUT2D eigenvalue weighted by atomic mass is 32.1. The molecule has 0 aliphatic heterocycles. The monoisotopic (exact) mass is 300 g/mol. The highest BCUT2D eigenvalue weighted by molar-refractivity contribution is 7.12. The molecule has 0 N–H and O–H groups in total. The Labute approximate surface area is 130 Å². The predicted octanol–water partition coefficient (Wildman–Crippen LogP) is 4.45. The summed E-state index contributed by atoms with van der Waals surface area (Å²) in [6, 6.07) is 10.3. The molecule has 0 saturated heterocycles. The third-order valence-electron chi connectivity index (χ3n) is 3.26. The van der Waals surface area contributed by atoms with Gasteiger partial charge < -0.3 is 4.74 Å². The average molecular weight is 300 g/mol. The topological polar surface area (TPSA) is 45.9 Å². The molecule has 0 radical (unpaired) electrons. The lowest BCUT2D eigenvalue weighted by Crippen LogP contribution is -2.10. The Morgan fingerprint density at radius 1 is 1.24 bits per heavy atom. The SMILES string of the molecule is CCc1nc(COc2ccc(C(C)(C)C)cc2)sc1C#N. The Morgan fingerprint density at radius 2 is 1.90 bits per heavy atom. The third kappa shape index (κ3) is 3.83. The molecule has 4 heteroatoms. The van der Waals surface area contributed by atoms with Crippen LogP contribution in [0, 0.1) is 11.3 Å². The molecule has 0 saturated carbocycles. The minimum absolute atomic E-state index is 0.144. The van der Waals surface area contributed by atoms with Crippen LogP contribution in [0.1, 0.15) is 48.8 Å². The highest BCUT2D eigenvalue weighted by Gasteiger charge is 2.13. The second kappa shape index (κ2) is 6.28. The summed E-state index contributed by atoms with van der Waals surface area (Å²) in [4.78, 5) is 5.14. The van der Waals surface area contributed by atoms with Crippen LogP contribution in [0.4, 0.5) is 0 Å². The van der Waals surface area contributed by atoms with Gasteiger partial charge in [-0.05, 0) is 29.5 Å². The molecular formula is C17H20N2OS.